The lowest BCUT2D eigenvalue weighted by Gasteiger charge is -2.07. The topological polar surface area (TPSA) is 58.6 Å². The maximum Gasteiger partial charge on any atom is 0.348 e. The molecule has 0 atom stereocenters. The smallest absolute Gasteiger partial charge is 0.348 e. The molecule has 1 aromatic carbocycles. The number of halogens is 1. The third kappa shape index (κ3) is 2.43. The van der Waals surface area contributed by atoms with Gasteiger partial charge in [0.2, 0.25) is 0 Å². The summed E-state index contributed by atoms with van der Waals surface area (Å²) in [6, 6.07) is 5.98. The van der Waals surface area contributed by atoms with Crippen molar-refractivity contribution < 1.29 is 19.0 Å². The Bertz CT molecular complexity index is 582. The van der Waals surface area contributed by atoms with Crippen molar-refractivity contribution in [1.29, 1.82) is 0 Å². The van der Waals surface area contributed by atoms with Crippen LogP contribution in [0.1, 0.15) is 9.67 Å². The number of rotatable bonds is 4. The van der Waals surface area contributed by atoms with Gasteiger partial charge in [0.1, 0.15) is 4.88 Å². The van der Waals surface area contributed by atoms with Gasteiger partial charge >= 0.3 is 5.97 Å². The van der Waals surface area contributed by atoms with Crippen molar-refractivity contribution in [2.45, 2.75) is 0 Å². The normalized spacial score (nSPS) is 10.1. The van der Waals surface area contributed by atoms with Crippen LogP contribution in [0.3, 0.4) is 0 Å². The van der Waals surface area contributed by atoms with Crippen LogP contribution in [0, 0.1) is 5.82 Å². The van der Waals surface area contributed by atoms with Crippen molar-refractivity contribution in [2.75, 3.05) is 12.4 Å². The van der Waals surface area contributed by atoms with Crippen LogP contribution in [0.25, 0.3) is 0 Å². The minimum atomic E-state index is -1.01. The van der Waals surface area contributed by atoms with Gasteiger partial charge < -0.3 is 15.2 Å². The van der Waals surface area contributed by atoms with Crippen molar-refractivity contribution in [3.05, 3.63) is 40.3 Å². The van der Waals surface area contributed by atoms with Gasteiger partial charge in [-0.3, -0.25) is 0 Å². The largest absolute Gasteiger partial charge is 0.494 e. The molecule has 4 nitrogen and oxygen atoms in total. The van der Waals surface area contributed by atoms with E-state index in [-0.39, 0.29) is 10.6 Å². The molecule has 6 heteroatoms. The molecule has 2 aromatic rings. The average Bonchev–Trinajstić information content (AvgIpc) is 2.77. The Morgan fingerprint density at radius 2 is 2.22 bits per heavy atom. The fourth-order valence-corrected chi connectivity index (χ4v) is 2.16. The number of benzene rings is 1. The summed E-state index contributed by atoms with van der Waals surface area (Å²) in [5.41, 5.74) is 0.909. The summed E-state index contributed by atoms with van der Waals surface area (Å²) in [7, 11) is 1.38. The standard InChI is InChI=1S/C12H10FNO3S/c1-17-10-3-2-7(6-8(10)13)14-9-4-5-18-11(9)12(15)16/h2-6,14H,1H3,(H,15,16). The molecule has 0 saturated carbocycles. The van der Waals surface area contributed by atoms with E-state index in [1.165, 1.54) is 19.2 Å². The molecule has 0 fully saturated rings. The predicted molar refractivity (Wildman–Crippen MR) is 67.5 cm³/mol. The van der Waals surface area contributed by atoms with Crippen molar-refractivity contribution >= 4 is 28.7 Å². The van der Waals surface area contributed by atoms with Crippen LogP contribution in [0.4, 0.5) is 15.8 Å². The highest BCUT2D eigenvalue weighted by Gasteiger charge is 2.12. The third-order valence-electron chi connectivity index (χ3n) is 2.29. The lowest BCUT2D eigenvalue weighted by molar-refractivity contribution is 0.0703. The Morgan fingerprint density at radius 1 is 1.44 bits per heavy atom. The first-order valence-electron chi connectivity index (χ1n) is 5.03. The molecule has 0 spiro atoms. The molecule has 0 aliphatic heterocycles. The fraction of sp³-hybridized carbons (Fsp3) is 0.0833. The van der Waals surface area contributed by atoms with Crippen molar-refractivity contribution in [3.63, 3.8) is 0 Å². The number of ether oxygens (including phenoxy) is 1. The lowest BCUT2D eigenvalue weighted by Crippen LogP contribution is -1.99. The first-order chi connectivity index (χ1) is 8.61. The predicted octanol–water partition coefficient (Wildman–Crippen LogP) is 3.34. The molecule has 0 amide bonds. The van der Waals surface area contributed by atoms with Gasteiger partial charge in [-0.25, -0.2) is 9.18 Å². The summed E-state index contributed by atoms with van der Waals surface area (Å²) in [5.74, 6) is -1.37. The fourth-order valence-electron chi connectivity index (χ4n) is 1.47. The first-order valence-corrected chi connectivity index (χ1v) is 5.91. The van der Waals surface area contributed by atoms with Gasteiger partial charge in [-0.05, 0) is 23.6 Å². The van der Waals surface area contributed by atoms with Crippen LogP contribution >= 0.6 is 11.3 Å². The summed E-state index contributed by atoms with van der Waals surface area (Å²) in [6.07, 6.45) is 0. The molecular weight excluding hydrogens is 257 g/mol. The molecule has 1 heterocycles. The zero-order valence-electron chi connectivity index (χ0n) is 9.44. The number of aromatic carboxylic acids is 1. The number of carbonyl (C=O) groups is 1. The maximum atomic E-state index is 13.5. The number of nitrogens with one attached hydrogen (secondary N) is 1. The Labute approximate surface area is 107 Å². The second-order valence-corrected chi connectivity index (χ2v) is 4.36. The van der Waals surface area contributed by atoms with Gasteiger partial charge in [-0.2, -0.15) is 0 Å². The van der Waals surface area contributed by atoms with E-state index in [0.717, 1.165) is 11.3 Å². The third-order valence-corrected chi connectivity index (χ3v) is 3.19. The molecular formula is C12H10FNO3S. The van der Waals surface area contributed by atoms with Crippen molar-refractivity contribution in [3.8, 4) is 5.75 Å². The molecule has 2 rings (SSSR count). The zero-order chi connectivity index (χ0) is 13.1. The second-order valence-electron chi connectivity index (χ2n) is 3.44. The van der Waals surface area contributed by atoms with Crippen molar-refractivity contribution in [1.82, 2.24) is 0 Å². The van der Waals surface area contributed by atoms with Gasteiger partial charge in [0, 0.05) is 11.8 Å². The van der Waals surface area contributed by atoms with E-state index in [4.69, 9.17) is 9.84 Å². The summed E-state index contributed by atoms with van der Waals surface area (Å²) >= 11 is 1.11. The summed E-state index contributed by atoms with van der Waals surface area (Å²) in [4.78, 5) is 11.1. The number of methoxy groups -OCH3 is 1. The van der Waals surface area contributed by atoms with Gasteiger partial charge in [-0.15, -0.1) is 11.3 Å². The Balaban J connectivity index is 2.26. The molecule has 0 aliphatic carbocycles. The molecule has 94 valence electrons. The monoisotopic (exact) mass is 267 g/mol. The van der Waals surface area contributed by atoms with Gasteiger partial charge in [-0.1, -0.05) is 0 Å². The van der Waals surface area contributed by atoms with E-state index in [9.17, 15) is 9.18 Å². The molecule has 0 saturated heterocycles. The molecule has 18 heavy (non-hydrogen) atoms. The summed E-state index contributed by atoms with van der Waals surface area (Å²) in [5, 5.41) is 13.5. The highest BCUT2D eigenvalue weighted by Crippen LogP contribution is 2.28. The number of anilines is 2. The number of hydrogen-bond acceptors (Lipinski definition) is 4. The zero-order valence-corrected chi connectivity index (χ0v) is 10.3. The first kappa shape index (κ1) is 12.4. The summed E-state index contributed by atoms with van der Waals surface area (Å²) < 4.78 is 18.3. The van der Waals surface area contributed by atoms with E-state index in [0.29, 0.717) is 11.4 Å². The molecule has 1 aromatic heterocycles. The van der Waals surface area contributed by atoms with Crippen molar-refractivity contribution in [2.24, 2.45) is 0 Å². The highest BCUT2D eigenvalue weighted by molar-refractivity contribution is 7.12. The quantitative estimate of drug-likeness (QED) is 0.892. The maximum absolute atomic E-state index is 13.5. The lowest BCUT2D eigenvalue weighted by atomic mass is 10.2. The van der Waals surface area contributed by atoms with Gasteiger partial charge in [0.15, 0.2) is 11.6 Å². The van der Waals surface area contributed by atoms with Gasteiger partial charge in [0.25, 0.3) is 0 Å². The molecule has 0 aliphatic rings. The molecule has 0 radical (unpaired) electrons. The van der Waals surface area contributed by atoms with Crippen LogP contribution in [0.2, 0.25) is 0 Å². The Hall–Kier alpha value is -2.08. The van der Waals surface area contributed by atoms with E-state index >= 15 is 0 Å². The Kier molecular flexibility index (Phi) is 3.47. The van der Waals surface area contributed by atoms with Gasteiger partial charge in [0.05, 0.1) is 12.8 Å². The minimum Gasteiger partial charge on any atom is -0.494 e. The van der Waals surface area contributed by atoms with Crippen LogP contribution in [0.15, 0.2) is 29.6 Å². The summed E-state index contributed by atoms with van der Waals surface area (Å²) in [6.45, 7) is 0. The van der Waals surface area contributed by atoms with Crippen LogP contribution in [-0.2, 0) is 0 Å². The van der Waals surface area contributed by atoms with E-state index in [1.54, 1.807) is 17.5 Å². The average molecular weight is 267 g/mol. The Morgan fingerprint density at radius 3 is 2.83 bits per heavy atom. The number of hydrogen-bond donors (Lipinski definition) is 2. The van der Waals surface area contributed by atoms with E-state index in [1.807, 2.05) is 0 Å². The SMILES string of the molecule is COc1ccc(Nc2ccsc2C(=O)O)cc1F. The second kappa shape index (κ2) is 5.05. The number of carboxylic acids is 1. The molecule has 0 bridgehead atoms. The van der Waals surface area contributed by atoms with Crippen LogP contribution in [0.5, 0.6) is 5.75 Å². The minimum absolute atomic E-state index is 0.143. The van der Waals surface area contributed by atoms with E-state index in [2.05, 4.69) is 5.32 Å². The number of thiophene rings is 1. The molecule has 2 N–H and O–H groups in total. The van der Waals surface area contributed by atoms with Crippen LogP contribution in [-0.4, -0.2) is 18.2 Å². The highest BCUT2D eigenvalue weighted by atomic mass is 32.1. The number of carboxylic acid groups (broad SMARTS) is 1. The molecule has 0 unspecified atom stereocenters. The van der Waals surface area contributed by atoms with Crippen LogP contribution < -0.4 is 10.1 Å². The van der Waals surface area contributed by atoms with E-state index < -0.39 is 11.8 Å².